The predicted octanol–water partition coefficient (Wildman–Crippen LogP) is 2.16. The maximum atomic E-state index is 11.0. The van der Waals surface area contributed by atoms with E-state index in [0.29, 0.717) is 11.5 Å². The summed E-state index contributed by atoms with van der Waals surface area (Å²) in [6, 6.07) is 11.2. The fraction of sp³-hybridized carbons (Fsp3) is 0.200. The molecular weight excluding hydrogens is 288 g/mol. The second kappa shape index (κ2) is 6.11. The number of hydrogen-bond acceptors (Lipinski definition) is 4. The van der Waals surface area contributed by atoms with Gasteiger partial charge < -0.3 is 16.8 Å². The summed E-state index contributed by atoms with van der Waals surface area (Å²) in [5, 5.41) is 3.17. The third-order valence-corrected chi connectivity index (χ3v) is 3.50. The number of anilines is 2. The average molecular weight is 305 g/mol. The topological polar surface area (TPSA) is 94.0 Å². The lowest BCUT2D eigenvalue weighted by Gasteiger charge is -2.07. The second-order valence-electron chi connectivity index (χ2n) is 5.05. The normalized spacial score (nSPS) is 19.5. The van der Waals surface area contributed by atoms with Crippen molar-refractivity contribution in [3.8, 4) is 0 Å². The Balaban J connectivity index is 0.00000161. The van der Waals surface area contributed by atoms with Gasteiger partial charge in [-0.25, -0.2) is 4.98 Å². The number of nitrogens with zero attached hydrogens (tertiary/aromatic N) is 1. The number of nitrogens with two attached hydrogens (primary N) is 2. The summed E-state index contributed by atoms with van der Waals surface area (Å²) in [7, 11) is 0. The zero-order chi connectivity index (χ0) is 14.1. The SMILES string of the molecule is Cl.NC(=O)c1ccc(Nc2ccc([C@@H]3C[C@H]3N)cn2)cc1. The molecule has 1 heterocycles. The molecule has 0 radical (unpaired) electrons. The molecule has 1 fully saturated rings. The molecule has 2 aromatic rings. The van der Waals surface area contributed by atoms with E-state index in [0.717, 1.165) is 17.9 Å². The number of benzene rings is 1. The third-order valence-electron chi connectivity index (χ3n) is 3.50. The molecule has 1 aliphatic rings. The van der Waals surface area contributed by atoms with E-state index in [1.54, 1.807) is 24.3 Å². The number of amides is 1. The summed E-state index contributed by atoms with van der Waals surface area (Å²) in [5.74, 6) is 0.793. The first-order chi connectivity index (χ1) is 9.63. The highest BCUT2D eigenvalue weighted by Gasteiger charge is 2.34. The fourth-order valence-electron chi connectivity index (χ4n) is 2.16. The zero-order valence-electron chi connectivity index (χ0n) is 11.3. The molecule has 1 aromatic heterocycles. The molecule has 0 spiro atoms. The highest BCUT2D eigenvalue weighted by molar-refractivity contribution is 5.93. The van der Waals surface area contributed by atoms with Crippen LogP contribution in [-0.4, -0.2) is 16.9 Å². The quantitative estimate of drug-likeness (QED) is 0.807. The molecule has 1 saturated carbocycles. The van der Waals surface area contributed by atoms with Crippen LogP contribution in [0.5, 0.6) is 0 Å². The Morgan fingerprint density at radius 2 is 1.86 bits per heavy atom. The largest absolute Gasteiger partial charge is 0.366 e. The number of primary amides is 1. The average Bonchev–Trinajstić information content (AvgIpc) is 3.17. The van der Waals surface area contributed by atoms with Gasteiger partial charge in [0.25, 0.3) is 0 Å². The number of rotatable bonds is 4. The Morgan fingerprint density at radius 3 is 2.33 bits per heavy atom. The minimum atomic E-state index is -0.431. The Kier molecular flexibility index (Phi) is 4.45. The summed E-state index contributed by atoms with van der Waals surface area (Å²) < 4.78 is 0. The Labute approximate surface area is 129 Å². The lowest BCUT2D eigenvalue weighted by atomic mass is 10.2. The highest BCUT2D eigenvalue weighted by Crippen LogP contribution is 2.38. The maximum absolute atomic E-state index is 11.0. The van der Waals surface area contributed by atoms with Gasteiger partial charge >= 0.3 is 0 Å². The maximum Gasteiger partial charge on any atom is 0.248 e. The summed E-state index contributed by atoms with van der Waals surface area (Å²) >= 11 is 0. The molecule has 0 saturated heterocycles. The minimum Gasteiger partial charge on any atom is -0.366 e. The van der Waals surface area contributed by atoms with Crippen LogP contribution < -0.4 is 16.8 Å². The summed E-state index contributed by atoms with van der Waals surface area (Å²) in [6.45, 7) is 0. The van der Waals surface area contributed by atoms with Crippen molar-refractivity contribution < 1.29 is 4.79 Å². The molecular formula is C15H17ClN4O. The highest BCUT2D eigenvalue weighted by atomic mass is 35.5. The zero-order valence-corrected chi connectivity index (χ0v) is 12.1. The van der Waals surface area contributed by atoms with Crippen molar-refractivity contribution in [3.63, 3.8) is 0 Å². The fourth-order valence-corrected chi connectivity index (χ4v) is 2.16. The van der Waals surface area contributed by atoms with Crippen LogP contribution >= 0.6 is 12.4 Å². The molecule has 3 rings (SSSR count). The molecule has 0 bridgehead atoms. The molecule has 1 aromatic carbocycles. The molecule has 2 atom stereocenters. The van der Waals surface area contributed by atoms with Gasteiger partial charge in [-0.1, -0.05) is 6.07 Å². The van der Waals surface area contributed by atoms with Gasteiger partial charge in [0.1, 0.15) is 5.82 Å². The lowest BCUT2D eigenvalue weighted by molar-refractivity contribution is 0.100. The molecule has 5 N–H and O–H groups in total. The number of hydrogen-bond donors (Lipinski definition) is 3. The molecule has 21 heavy (non-hydrogen) atoms. The van der Waals surface area contributed by atoms with Crippen molar-refractivity contribution in [1.29, 1.82) is 0 Å². The number of pyridine rings is 1. The van der Waals surface area contributed by atoms with Crippen LogP contribution in [0.15, 0.2) is 42.6 Å². The Hall–Kier alpha value is -2.11. The van der Waals surface area contributed by atoms with Crippen LogP contribution in [0.25, 0.3) is 0 Å². The van der Waals surface area contributed by atoms with Crippen LogP contribution in [0.4, 0.5) is 11.5 Å². The number of carbonyl (C=O) groups is 1. The van der Waals surface area contributed by atoms with Crippen LogP contribution in [-0.2, 0) is 0 Å². The van der Waals surface area contributed by atoms with E-state index in [1.165, 1.54) is 5.56 Å². The first-order valence-corrected chi connectivity index (χ1v) is 6.52. The van der Waals surface area contributed by atoms with Crippen LogP contribution in [0, 0.1) is 0 Å². The number of nitrogens with one attached hydrogen (secondary N) is 1. The van der Waals surface area contributed by atoms with E-state index in [4.69, 9.17) is 11.5 Å². The minimum absolute atomic E-state index is 0. The van der Waals surface area contributed by atoms with E-state index >= 15 is 0 Å². The molecule has 110 valence electrons. The summed E-state index contributed by atoms with van der Waals surface area (Å²) in [5.41, 5.74) is 13.5. The molecule has 1 aliphatic carbocycles. The van der Waals surface area contributed by atoms with Gasteiger partial charge in [0.2, 0.25) is 5.91 Å². The van der Waals surface area contributed by atoms with Crippen molar-refractivity contribution >= 4 is 29.8 Å². The van der Waals surface area contributed by atoms with Crippen LogP contribution in [0.2, 0.25) is 0 Å². The van der Waals surface area contributed by atoms with E-state index < -0.39 is 5.91 Å². The van der Waals surface area contributed by atoms with Crippen molar-refractivity contribution in [2.75, 3.05) is 5.32 Å². The monoisotopic (exact) mass is 304 g/mol. The standard InChI is InChI=1S/C15H16N4O.ClH/c16-13-7-12(13)10-3-6-14(18-8-10)19-11-4-1-9(2-5-11)15(17)20;/h1-6,8,12-13H,7,16H2,(H2,17,20)(H,18,19);1H/t12-,13+;/m0./s1. The Morgan fingerprint density at radius 1 is 1.19 bits per heavy atom. The van der Waals surface area contributed by atoms with Gasteiger partial charge in [-0.3, -0.25) is 4.79 Å². The molecule has 6 heteroatoms. The van der Waals surface area contributed by atoms with E-state index in [1.807, 2.05) is 18.3 Å². The van der Waals surface area contributed by atoms with E-state index in [-0.39, 0.29) is 18.4 Å². The van der Waals surface area contributed by atoms with Crippen molar-refractivity contribution in [2.24, 2.45) is 11.5 Å². The van der Waals surface area contributed by atoms with Gasteiger partial charge in [-0.2, -0.15) is 0 Å². The summed E-state index contributed by atoms with van der Waals surface area (Å²) in [4.78, 5) is 15.4. The van der Waals surface area contributed by atoms with Gasteiger partial charge in [0.05, 0.1) is 0 Å². The lowest BCUT2D eigenvalue weighted by Crippen LogP contribution is -2.10. The molecule has 0 unspecified atom stereocenters. The number of halogens is 1. The first-order valence-electron chi connectivity index (χ1n) is 6.52. The smallest absolute Gasteiger partial charge is 0.248 e. The summed E-state index contributed by atoms with van der Waals surface area (Å²) in [6.07, 6.45) is 2.90. The van der Waals surface area contributed by atoms with Crippen LogP contribution in [0.1, 0.15) is 28.3 Å². The van der Waals surface area contributed by atoms with Gasteiger partial charge in [-0.15, -0.1) is 12.4 Å². The molecule has 1 amide bonds. The van der Waals surface area contributed by atoms with Crippen molar-refractivity contribution in [1.82, 2.24) is 4.98 Å². The number of carbonyl (C=O) groups excluding carboxylic acids is 1. The Bertz CT molecular complexity index is 627. The van der Waals surface area contributed by atoms with Gasteiger partial charge in [0.15, 0.2) is 0 Å². The van der Waals surface area contributed by atoms with Crippen molar-refractivity contribution in [2.45, 2.75) is 18.4 Å². The third kappa shape index (κ3) is 3.51. The predicted molar refractivity (Wildman–Crippen MR) is 85.1 cm³/mol. The first kappa shape index (κ1) is 15.3. The second-order valence-corrected chi connectivity index (χ2v) is 5.05. The van der Waals surface area contributed by atoms with Crippen molar-refractivity contribution in [3.05, 3.63) is 53.7 Å². The van der Waals surface area contributed by atoms with Gasteiger partial charge in [0, 0.05) is 29.4 Å². The van der Waals surface area contributed by atoms with E-state index in [9.17, 15) is 4.79 Å². The number of aromatic nitrogens is 1. The molecule has 5 nitrogen and oxygen atoms in total. The van der Waals surface area contributed by atoms with Gasteiger partial charge in [-0.05, 0) is 42.3 Å². The molecule has 0 aliphatic heterocycles. The van der Waals surface area contributed by atoms with Crippen LogP contribution in [0.3, 0.4) is 0 Å². The van der Waals surface area contributed by atoms with E-state index in [2.05, 4.69) is 10.3 Å².